The van der Waals surface area contributed by atoms with Gasteiger partial charge in [-0.15, -0.1) is 0 Å². The summed E-state index contributed by atoms with van der Waals surface area (Å²) in [6.07, 6.45) is -3.71. The van der Waals surface area contributed by atoms with Gasteiger partial charge >= 0.3 is 6.18 Å². The summed E-state index contributed by atoms with van der Waals surface area (Å²) in [4.78, 5) is 24.5. The van der Waals surface area contributed by atoms with E-state index in [4.69, 9.17) is 5.73 Å². The van der Waals surface area contributed by atoms with E-state index in [9.17, 15) is 22.8 Å². The first-order valence-corrected chi connectivity index (χ1v) is 8.81. The molecule has 1 aliphatic carbocycles. The second kappa shape index (κ2) is 7.63. The van der Waals surface area contributed by atoms with Crippen LogP contribution in [0.2, 0.25) is 0 Å². The third-order valence-electron chi connectivity index (χ3n) is 4.65. The summed E-state index contributed by atoms with van der Waals surface area (Å²) < 4.78 is 39.1. The van der Waals surface area contributed by atoms with Gasteiger partial charge in [-0.25, -0.2) is 0 Å². The number of hydrogen-bond acceptors (Lipinski definition) is 3. The van der Waals surface area contributed by atoms with Crippen molar-refractivity contribution in [2.45, 2.75) is 26.1 Å². The van der Waals surface area contributed by atoms with Crippen molar-refractivity contribution in [3.05, 3.63) is 59.2 Å². The molecule has 0 bridgehead atoms. The molecule has 4 N–H and O–H groups in total. The van der Waals surface area contributed by atoms with Crippen LogP contribution in [0.15, 0.2) is 42.5 Å². The Hall–Kier alpha value is -2.87. The Bertz CT molecular complexity index is 912. The van der Waals surface area contributed by atoms with Crippen LogP contribution < -0.4 is 16.4 Å². The maximum Gasteiger partial charge on any atom is 0.416 e. The number of carbonyl (C=O) groups is 2. The van der Waals surface area contributed by atoms with Crippen LogP contribution >= 0.6 is 0 Å². The van der Waals surface area contributed by atoms with E-state index >= 15 is 0 Å². The zero-order valence-corrected chi connectivity index (χ0v) is 15.1. The molecule has 1 fully saturated rings. The summed E-state index contributed by atoms with van der Waals surface area (Å²) in [7, 11) is 0. The minimum Gasteiger partial charge on any atom is -0.326 e. The fraction of sp³-hybridized carbons (Fsp3) is 0.300. The summed E-state index contributed by atoms with van der Waals surface area (Å²) in [5, 5.41) is 5.22. The Morgan fingerprint density at radius 2 is 1.82 bits per heavy atom. The van der Waals surface area contributed by atoms with Crippen molar-refractivity contribution in [1.82, 2.24) is 0 Å². The third kappa shape index (κ3) is 4.69. The molecule has 8 heteroatoms. The number of anilines is 2. The lowest BCUT2D eigenvalue weighted by atomic mass is 10.1. The molecular formula is C20H20F3N3O2. The number of hydrogen-bond donors (Lipinski definition) is 3. The lowest BCUT2D eigenvalue weighted by Crippen LogP contribution is -2.16. The highest BCUT2D eigenvalue weighted by Gasteiger charge is 2.39. The molecule has 2 atom stereocenters. The predicted molar refractivity (Wildman–Crippen MR) is 99.6 cm³/mol. The van der Waals surface area contributed by atoms with E-state index < -0.39 is 17.6 Å². The largest absolute Gasteiger partial charge is 0.416 e. The molecule has 148 valence electrons. The summed E-state index contributed by atoms with van der Waals surface area (Å²) >= 11 is 0. The van der Waals surface area contributed by atoms with E-state index in [0.717, 1.165) is 18.6 Å². The second-order valence-corrected chi connectivity index (χ2v) is 6.96. The molecule has 2 unspecified atom stereocenters. The Morgan fingerprint density at radius 3 is 2.43 bits per heavy atom. The molecule has 0 aromatic heterocycles. The molecular weight excluding hydrogens is 371 g/mol. The van der Waals surface area contributed by atoms with E-state index in [1.165, 1.54) is 18.2 Å². The summed E-state index contributed by atoms with van der Waals surface area (Å²) in [5.41, 5.74) is 5.51. The molecule has 5 nitrogen and oxygen atoms in total. The van der Waals surface area contributed by atoms with Gasteiger partial charge in [0.25, 0.3) is 5.91 Å². The zero-order chi connectivity index (χ0) is 20.5. The van der Waals surface area contributed by atoms with Crippen LogP contribution in [0.3, 0.4) is 0 Å². The minimum atomic E-state index is -4.55. The highest BCUT2D eigenvalue weighted by atomic mass is 19.4. The number of rotatable bonds is 5. The molecule has 28 heavy (non-hydrogen) atoms. The predicted octanol–water partition coefficient (Wildman–Crippen LogP) is 4.01. The molecule has 0 aliphatic heterocycles. The van der Waals surface area contributed by atoms with Gasteiger partial charge in [0.2, 0.25) is 5.91 Å². The van der Waals surface area contributed by atoms with Crippen molar-refractivity contribution < 1.29 is 22.8 Å². The topological polar surface area (TPSA) is 84.2 Å². The Kier molecular flexibility index (Phi) is 5.42. The third-order valence-corrected chi connectivity index (χ3v) is 4.65. The van der Waals surface area contributed by atoms with Crippen LogP contribution in [0.5, 0.6) is 0 Å². The first kappa shape index (κ1) is 19.9. The van der Waals surface area contributed by atoms with E-state index in [1.807, 2.05) is 6.92 Å². The standard InChI is InChI=1S/C20H20F3N3O2/c1-11-5-17(11)19(28)25-15-4-2-3-13(8-15)18(27)26-16-7-12(10-24)6-14(9-16)20(21,22)23/h2-4,6-9,11,17H,5,10,24H2,1H3,(H,25,28)(H,26,27). The quantitative estimate of drug-likeness (QED) is 0.720. The van der Waals surface area contributed by atoms with Crippen LogP contribution in [-0.4, -0.2) is 11.8 Å². The fourth-order valence-corrected chi connectivity index (χ4v) is 2.91. The van der Waals surface area contributed by atoms with Crippen molar-refractivity contribution in [3.63, 3.8) is 0 Å². The summed E-state index contributed by atoms with van der Waals surface area (Å²) in [6.45, 7) is 1.90. The van der Waals surface area contributed by atoms with E-state index in [0.29, 0.717) is 11.6 Å². The maximum absolute atomic E-state index is 13.0. The Labute approximate surface area is 160 Å². The Balaban J connectivity index is 1.76. The van der Waals surface area contributed by atoms with Crippen LogP contribution in [0.4, 0.5) is 24.5 Å². The number of alkyl halides is 3. The average Bonchev–Trinajstić information content (AvgIpc) is 3.37. The normalized spacial score (nSPS) is 18.5. The van der Waals surface area contributed by atoms with Gasteiger partial charge in [0, 0.05) is 29.4 Å². The molecule has 0 heterocycles. The van der Waals surface area contributed by atoms with Crippen LogP contribution in [0.25, 0.3) is 0 Å². The number of halogens is 3. The van der Waals surface area contributed by atoms with Crippen LogP contribution in [-0.2, 0) is 17.5 Å². The first-order valence-electron chi connectivity index (χ1n) is 8.81. The highest BCUT2D eigenvalue weighted by molar-refractivity contribution is 6.05. The van der Waals surface area contributed by atoms with Crippen molar-refractivity contribution >= 4 is 23.2 Å². The molecule has 3 rings (SSSR count). The molecule has 2 amide bonds. The average molecular weight is 391 g/mol. The fourth-order valence-electron chi connectivity index (χ4n) is 2.91. The molecule has 0 saturated heterocycles. The van der Waals surface area contributed by atoms with Gasteiger partial charge in [0.05, 0.1) is 5.56 Å². The van der Waals surface area contributed by atoms with Crippen molar-refractivity contribution in [2.24, 2.45) is 17.6 Å². The van der Waals surface area contributed by atoms with E-state index in [2.05, 4.69) is 10.6 Å². The summed E-state index contributed by atoms with van der Waals surface area (Å²) in [5.74, 6) is -0.352. The van der Waals surface area contributed by atoms with Gasteiger partial charge in [0.1, 0.15) is 0 Å². The van der Waals surface area contributed by atoms with Gasteiger partial charge < -0.3 is 16.4 Å². The van der Waals surface area contributed by atoms with E-state index in [1.54, 1.807) is 12.1 Å². The summed E-state index contributed by atoms with van der Waals surface area (Å²) in [6, 6.07) is 9.45. The Morgan fingerprint density at radius 1 is 1.11 bits per heavy atom. The van der Waals surface area contributed by atoms with Crippen LogP contribution in [0, 0.1) is 11.8 Å². The number of nitrogens with one attached hydrogen (secondary N) is 2. The van der Waals surface area contributed by atoms with Crippen LogP contribution in [0.1, 0.15) is 34.8 Å². The molecule has 1 saturated carbocycles. The zero-order valence-electron chi connectivity index (χ0n) is 15.1. The van der Waals surface area contributed by atoms with Crippen molar-refractivity contribution in [2.75, 3.05) is 10.6 Å². The SMILES string of the molecule is CC1CC1C(=O)Nc1cccc(C(=O)Nc2cc(CN)cc(C(F)(F)F)c2)c1. The monoisotopic (exact) mass is 391 g/mol. The number of nitrogens with two attached hydrogens (primary N) is 1. The highest BCUT2D eigenvalue weighted by Crippen LogP contribution is 2.38. The van der Waals surface area contributed by atoms with Gasteiger partial charge in [0.15, 0.2) is 0 Å². The lowest BCUT2D eigenvalue weighted by Gasteiger charge is -2.13. The maximum atomic E-state index is 13.0. The molecule has 0 spiro atoms. The van der Waals surface area contributed by atoms with Gasteiger partial charge in [-0.1, -0.05) is 13.0 Å². The van der Waals surface area contributed by atoms with Crippen molar-refractivity contribution in [3.8, 4) is 0 Å². The van der Waals surface area contributed by atoms with Crippen molar-refractivity contribution in [1.29, 1.82) is 0 Å². The number of benzene rings is 2. The smallest absolute Gasteiger partial charge is 0.326 e. The number of carbonyl (C=O) groups excluding carboxylic acids is 2. The molecule has 0 radical (unpaired) electrons. The number of amides is 2. The molecule has 1 aliphatic rings. The first-order chi connectivity index (χ1) is 13.2. The molecule has 2 aromatic rings. The second-order valence-electron chi connectivity index (χ2n) is 6.96. The van der Waals surface area contributed by atoms with Gasteiger partial charge in [-0.3, -0.25) is 9.59 Å². The van der Waals surface area contributed by atoms with Gasteiger partial charge in [-0.05, 0) is 54.3 Å². The lowest BCUT2D eigenvalue weighted by molar-refractivity contribution is -0.137. The minimum absolute atomic E-state index is 0.00141. The van der Waals surface area contributed by atoms with Gasteiger partial charge in [-0.2, -0.15) is 13.2 Å². The molecule has 2 aromatic carbocycles. The van der Waals surface area contributed by atoms with E-state index in [-0.39, 0.29) is 35.2 Å².